The lowest BCUT2D eigenvalue weighted by molar-refractivity contribution is 0.474. The average Bonchev–Trinajstić information content (AvgIpc) is 2.68. The number of benzene rings is 1. The molecule has 0 saturated carbocycles. The third kappa shape index (κ3) is 2.53. The summed E-state index contributed by atoms with van der Waals surface area (Å²) in [5, 5.41) is 4.32. The number of halogens is 1. The van der Waals surface area contributed by atoms with Crippen molar-refractivity contribution in [2.24, 2.45) is 5.92 Å². The molecule has 1 nitrogen and oxygen atoms in total. The molecule has 0 aliphatic carbocycles. The molecule has 1 aliphatic heterocycles. The summed E-state index contributed by atoms with van der Waals surface area (Å²) in [6, 6.07) is 8.34. The van der Waals surface area contributed by atoms with Crippen LogP contribution < -0.4 is 5.32 Å². The molecule has 0 aromatic heterocycles. The third-order valence-electron chi connectivity index (χ3n) is 3.30. The molecule has 2 atom stereocenters. The Balaban J connectivity index is 2.11. The highest BCUT2D eigenvalue weighted by Gasteiger charge is 2.27. The van der Waals surface area contributed by atoms with E-state index < -0.39 is 0 Å². The maximum absolute atomic E-state index is 5.90. The monoisotopic (exact) mass is 223 g/mol. The largest absolute Gasteiger partial charge is 0.316 e. The van der Waals surface area contributed by atoms with Crippen LogP contribution in [0.15, 0.2) is 24.3 Å². The van der Waals surface area contributed by atoms with Crippen LogP contribution in [0.1, 0.15) is 31.2 Å². The molecule has 0 spiro atoms. The molecule has 1 heterocycles. The molecule has 0 radical (unpaired) electrons. The normalized spacial score (nSPS) is 25.7. The zero-order valence-corrected chi connectivity index (χ0v) is 9.93. The van der Waals surface area contributed by atoms with Crippen molar-refractivity contribution in [3.8, 4) is 0 Å². The number of hydrogen-bond donors (Lipinski definition) is 1. The fourth-order valence-electron chi connectivity index (χ4n) is 2.51. The van der Waals surface area contributed by atoms with Gasteiger partial charge in [-0.25, -0.2) is 0 Å². The van der Waals surface area contributed by atoms with Crippen molar-refractivity contribution in [1.29, 1.82) is 0 Å². The quantitative estimate of drug-likeness (QED) is 0.828. The minimum atomic E-state index is 0.683. The molecule has 1 saturated heterocycles. The predicted molar refractivity (Wildman–Crippen MR) is 65.5 cm³/mol. The molecule has 15 heavy (non-hydrogen) atoms. The van der Waals surface area contributed by atoms with E-state index in [1.165, 1.54) is 24.9 Å². The summed E-state index contributed by atoms with van der Waals surface area (Å²) >= 11 is 5.90. The second-order valence-electron chi connectivity index (χ2n) is 4.37. The molecule has 1 N–H and O–H groups in total. The standard InChI is InChI=1S/C13H18ClN/c1-2-3-11-8-15-9-13(11)10-4-6-12(14)7-5-10/h4-7,11,13,15H,2-3,8-9H2,1H3. The van der Waals surface area contributed by atoms with Gasteiger partial charge in [-0.15, -0.1) is 0 Å². The molecule has 1 fully saturated rings. The first-order valence-corrected chi connectivity index (χ1v) is 6.15. The smallest absolute Gasteiger partial charge is 0.0406 e. The van der Waals surface area contributed by atoms with Gasteiger partial charge in [0.1, 0.15) is 0 Å². The van der Waals surface area contributed by atoms with Crippen molar-refractivity contribution in [2.45, 2.75) is 25.7 Å². The van der Waals surface area contributed by atoms with E-state index in [4.69, 9.17) is 11.6 Å². The van der Waals surface area contributed by atoms with Crippen LogP contribution in [-0.2, 0) is 0 Å². The van der Waals surface area contributed by atoms with Gasteiger partial charge in [0.25, 0.3) is 0 Å². The van der Waals surface area contributed by atoms with E-state index >= 15 is 0 Å². The van der Waals surface area contributed by atoms with Crippen LogP contribution >= 0.6 is 11.6 Å². The van der Waals surface area contributed by atoms with Crippen molar-refractivity contribution < 1.29 is 0 Å². The Labute approximate surface area is 96.8 Å². The van der Waals surface area contributed by atoms with E-state index in [9.17, 15) is 0 Å². The molecule has 0 amide bonds. The highest BCUT2D eigenvalue weighted by Crippen LogP contribution is 2.31. The third-order valence-corrected chi connectivity index (χ3v) is 3.55. The van der Waals surface area contributed by atoms with E-state index in [0.29, 0.717) is 5.92 Å². The minimum Gasteiger partial charge on any atom is -0.316 e. The maximum Gasteiger partial charge on any atom is 0.0406 e. The lowest BCUT2D eigenvalue weighted by atomic mass is 9.86. The van der Waals surface area contributed by atoms with Crippen LogP contribution in [0.3, 0.4) is 0 Å². The molecule has 2 unspecified atom stereocenters. The van der Waals surface area contributed by atoms with Crippen molar-refractivity contribution in [3.63, 3.8) is 0 Å². The maximum atomic E-state index is 5.90. The van der Waals surface area contributed by atoms with Gasteiger partial charge in [0.05, 0.1) is 0 Å². The van der Waals surface area contributed by atoms with Gasteiger partial charge in [-0.05, 0) is 36.6 Å². The van der Waals surface area contributed by atoms with E-state index in [1.807, 2.05) is 12.1 Å². The van der Waals surface area contributed by atoms with Gasteiger partial charge in [-0.3, -0.25) is 0 Å². The Hall–Kier alpha value is -0.530. The average molecular weight is 224 g/mol. The summed E-state index contributed by atoms with van der Waals surface area (Å²) in [4.78, 5) is 0. The molecular weight excluding hydrogens is 206 g/mol. The van der Waals surface area contributed by atoms with E-state index in [0.717, 1.165) is 17.5 Å². The first kappa shape index (κ1) is 11.0. The predicted octanol–water partition coefficient (Wildman–Crippen LogP) is 3.44. The van der Waals surface area contributed by atoms with E-state index in [2.05, 4.69) is 24.4 Å². The number of hydrogen-bond acceptors (Lipinski definition) is 1. The Morgan fingerprint density at radius 3 is 2.67 bits per heavy atom. The molecular formula is C13H18ClN. The lowest BCUT2D eigenvalue weighted by Crippen LogP contribution is -2.10. The van der Waals surface area contributed by atoms with Crippen LogP contribution in [0.25, 0.3) is 0 Å². The Kier molecular flexibility index (Phi) is 3.66. The molecule has 2 rings (SSSR count). The van der Waals surface area contributed by atoms with E-state index in [-0.39, 0.29) is 0 Å². The fourth-order valence-corrected chi connectivity index (χ4v) is 2.63. The Bertz CT molecular complexity index is 307. The van der Waals surface area contributed by atoms with Crippen LogP contribution in [0.2, 0.25) is 5.02 Å². The van der Waals surface area contributed by atoms with Gasteiger partial charge in [-0.2, -0.15) is 0 Å². The SMILES string of the molecule is CCCC1CNCC1c1ccc(Cl)cc1. The summed E-state index contributed by atoms with van der Waals surface area (Å²) < 4.78 is 0. The molecule has 1 aliphatic rings. The minimum absolute atomic E-state index is 0.683. The van der Waals surface area contributed by atoms with Gasteiger partial charge < -0.3 is 5.32 Å². The summed E-state index contributed by atoms with van der Waals surface area (Å²) in [5.41, 5.74) is 1.43. The second kappa shape index (κ2) is 5.00. The van der Waals surface area contributed by atoms with Crippen LogP contribution in [0.5, 0.6) is 0 Å². The number of rotatable bonds is 3. The Morgan fingerprint density at radius 2 is 2.00 bits per heavy atom. The van der Waals surface area contributed by atoms with E-state index in [1.54, 1.807) is 0 Å². The zero-order chi connectivity index (χ0) is 10.7. The van der Waals surface area contributed by atoms with Gasteiger partial charge in [-0.1, -0.05) is 37.1 Å². The lowest BCUT2D eigenvalue weighted by Gasteiger charge is -2.18. The van der Waals surface area contributed by atoms with Crippen molar-refractivity contribution in [2.75, 3.05) is 13.1 Å². The molecule has 1 aromatic carbocycles. The van der Waals surface area contributed by atoms with Gasteiger partial charge in [0, 0.05) is 17.5 Å². The highest BCUT2D eigenvalue weighted by molar-refractivity contribution is 6.30. The topological polar surface area (TPSA) is 12.0 Å². The summed E-state index contributed by atoms with van der Waals surface area (Å²) in [6.07, 6.45) is 2.59. The summed E-state index contributed by atoms with van der Waals surface area (Å²) in [5.74, 6) is 1.48. The second-order valence-corrected chi connectivity index (χ2v) is 4.80. The van der Waals surface area contributed by atoms with Gasteiger partial charge in [0.2, 0.25) is 0 Å². The summed E-state index contributed by atoms with van der Waals surface area (Å²) in [7, 11) is 0. The van der Waals surface area contributed by atoms with Crippen molar-refractivity contribution in [3.05, 3.63) is 34.9 Å². The van der Waals surface area contributed by atoms with Crippen molar-refractivity contribution >= 4 is 11.6 Å². The first-order valence-electron chi connectivity index (χ1n) is 5.77. The van der Waals surface area contributed by atoms with Gasteiger partial charge >= 0.3 is 0 Å². The highest BCUT2D eigenvalue weighted by atomic mass is 35.5. The van der Waals surface area contributed by atoms with Crippen LogP contribution in [0, 0.1) is 5.92 Å². The van der Waals surface area contributed by atoms with Gasteiger partial charge in [0.15, 0.2) is 0 Å². The molecule has 1 aromatic rings. The number of nitrogens with one attached hydrogen (secondary N) is 1. The fraction of sp³-hybridized carbons (Fsp3) is 0.538. The van der Waals surface area contributed by atoms with Crippen LogP contribution in [0.4, 0.5) is 0 Å². The summed E-state index contributed by atoms with van der Waals surface area (Å²) in [6.45, 7) is 4.55. The first-order chi connectivity index (χ1) is 7.31. The Morgan fingerprint density at radius 1 is 1.27 bits per heavy atom. The molecule has 0 bridgehead atoms. The molecule has 2 heteroatoms. The van der Waals surface area contributed by atoms with Crippen LogP contribution in [-0.4, -0.2) is 13.1 Å². The molecule has 82 valence electrons. The zero-order valence-electron chi connectivity index (χ0n) is 9.17. The van der Waals surface area contributed by atoms with Crippen molar-refractivity contribution in [1.82, 2.24) is 5.32 Å².